The highest BCUT2D eigenvalue weighted by Gasteiger charge is 2.21. The number of halogens is 2. The molecule has 11 heteroatoms. The summed E-state index contributed by atoms with van der Waals surface area (Å²) in [6, 6.07) is 4.67. The fourth-order valence-electron chi connectivity index (χ4n) is 2.96. The summed E-state index contributed by atoms with van der Waals surface area (Å²) in [5, 5.41) is 3.87. The van der Waals surface area contributed by atoms with Crippen molar-refractivity contribution in [2.45, 2.75) is 6.92 Å². The first-order chi connectivity index (χ1) is 13.9. The van der Waals surface area contributed by atoms with Gasteiger partial charge in [0.15, 0.2) is 9.96 Å². The maximum atomic E-state index is 12.4. The largest absolute Gasteiger partial charge is 0.339 e. The molecule has 1 fully saturated rings. The van der Waals surface area contributed by atoms with Crippen LogP contribution in [0.25, 0.3) is 10.3 Å². The molecular formula is C18H16Cl2N6O2S. The summed E-state index contributed by atoms with van der Waals surface area (Å²) in [5.74, 6) is 0.328. The number of rotatable bonds is 3. The van der Waals surface area contributed by atoms with E-state index in [1.54, 1.807) is 30.2 Å². The molecule has 2 aromatic heterocycles. The number of fused-ring (bicyclic) bond motifs is 1. The number of anilines is 2. The molecule has 0 aliphatic carbocycles. The Morgan fingerprint density at radius 1 is 1.10 bits per heavy atom. The highest BCUT2D eigenvalue weighted by molar-refractivity contribution is 7.22. The van der Waals surface area contributed by atoms with Crippen molar-refractivity contribution in [3.05, 3.63) is 40.0 Å². The molecule has 1 aromatic carbocycles. The molecule has 0 spiro atoms. The van der Waals surface area contributed by atoms with Gasteiger partial charge in [-0.25, -0.2) is 9.97 Å². The molecule has 0 unspecified atom stereocenters. The number of piperazine rings is 1. The molecule has 0 radical (unpaired) electrons. The highest BCUT2D eigenvalue weighted by atomic mass is 35.5. The van der Waals surface area contributed by atoms with Crippen LogP contribution < -0.4 is 10.2 Å². The fraction of sp³-hybridized carbons (Fsp3) is 0.278. The minimum Gasteiger partial charge on any atom is -0.339 e. The van der Waals surface area contributed by atoms with E-state index >= 15 is 0 Å². The molecule has 3 heterocycles. The molecule has 1 aliphatic rings. The number of thiazole rings is 1. The minimum absolute atomic E-state index is 0.0748. The van der Waals surface area contributed by atoms with Gasteiger partial charge >= 0.3 is 0 Å². The lowest BCUT2D eigenvalue weighted by Crippen LogP contribution is -2.48. The first-order valence-electron chi connectivity index (χ1n) is 8.81. The van der Waals surface area contributed by atoms with Gasteiger partial charge in [0, 0.05) is 38.7 Å². The Balaban J connectivity index is 1.49. The van der Waals surface area contributed by atoms with Gasteiger partial charge in [-0.3, -0.25) is 14.9 Å². The Bertz CT molecular complexity index is 1100. The van der Waals surface area contributed by atoms with Crippen molar-refractivity contribution < 1.29 is 9.59 Å². The lowest BCUT2D eigenvalue weighted by molar-refractivity contribution is -0.129. The summed E-state index contributed by atoms with van der Waals surface area (Å²) < 4.78 is 0. The zero-order valence-corrected chi connectivity index (χ0v) is 17.7. The van der Waals surface area contributed by atoms with Crippen molar-refractivity contribution >= 4 is 67.8 Å². The Morgan fingerprint density at radius 2 is 1.86 bits per heavy atom. The third kappa shape index (κ3) is 4.26. The van der Waals surface area contributed by atoms with Crippen molar-refractivity contribution in [3.8, 4) is 0 Å². The van der Waals surface area contributed by atoms with E-state index in [9.17, 15) is 9.59 Å². The molecule has 0 bridgehead atoms. The normalized spacial score (nSPS) is 14.3. The molecule has 8 nitrogen and oxygen atoms in total. The van der Waals surface area contributed by atoms with Gasteiger partial charge in [0.2, 0.25) is 11.9 Å². The molecule has 2 amide bonds. The van der Waals surface area contributed by atoms with Crippen LogP contribution in [-0.4, -0.2) is 57.8 Å². The number of carbonyl (C=O) groups excluding carboxylic acids is 2. The van der Waals surface area contributed by atoms with Crippen molar-refractivity contribution in [3.63, 3.8) is 0 Å². The molecule has 0 saturated carbocycles. The lowest BCUT2D eigenvalue weighted by Gasteiger charge is -2.34. The van der Waals surface area contributed by atoms with E-state index in [-0.39, 0.29) is 11.8 Å². The summed E-state index contributed by atoms with van der Waals surface area (Å²) in [5.41, 5.74) is 0.985. The van der Waals surface area contributed by atoms with Crippen LogP contribution in [0.5, 0.6) is 0 Å². The summed E-state index contributed by atoms with van der Waals surface area (Å²) in [4.78, 5) is 41.7. The van der Waals surface area contributed by atoms with Crippen LogP contribution in [0, 0.1) is 0 Å². The summed E-state index contributed by atoms with van der Waals surface area (Å²) in [6.45, 7) is 4.20. The van der Waals surface area contributed by atoms with Gasteiger partial charge in [-0.1, -0.05) is 34.5 Å². The molecule has 3 aromatic rings. The van der Waals surface area contributed by atoms with Crippen molar-refractivity contribution in [1.29, 1.82) is 0 Å². The average molecular weight is 451 g/mol. The van der Waals surface area contributed by atoms with Gasteiger partial charge < -0.3 is 9.80 Å². The summed E-state index contributed by atoms with van der Waals surface area (Å²) >= 11 is 13.1. The second kappa shape index (κ2) is 8.10. The minimum atomic E-state index is -0.337. The van der Waals surface area contributed by atoms with Crippen LogP contribution in [0.3, 0.4) is 0 Å². The van der Waals surface area contributed by atoms with Gasteiger partial charge in [0.1, 0.15) is 5.52 Å². The Labute approximate surface area is 180 Å². The van der Waals surface area contributed by atoms with Crippen LogP contribution in [0.2, 0.25) is 10.0 Å². The highest BCUT2D eigenvalue weighted by Crippen LogP contribution is 2.27. The predicted molar refractivity (Wildman–Crippen MR) is 114 cm³/mol. The number of hydrogen-bond acceptors (Lipinski definition) is 7. The first-order valence-corrected chi connectivity index (χ1v) is 10.4. The molecule has 0 atom stereocenters. The number of aromatic nitrogens is 3. The van der Waals surface area contributed by atoms with Crippen molar-refractivity contribution in [1.82, 2.24) is 19.9 Å². The van der Waals surface area contributed by atoms with Crippen LogP contribution in [0.4, 0.5) is 11.1 Å². The number of nitrogens with zero attached hydrogens (tertiary/aromatic N) is 5. The lowest BCUT2D eigenvalue weighted by atomic mass is 10.2. The molecule has 1 N–H and O–H groups in total. The number of hydrogen-bond donors (Lipinski definition) is 1. The number of nitrogens with one attached hydrogen (secondary N) is 1. The van der Waals surface area contributed by atoms with E-state index in [1.165, 1.54) is 17.4 Å². The third-order valence-corrected chi connectivity index (χ3v) is 6.17. The van der Waals surface area contributed by atoms with Crippen molar-refractivity contribution in [2.75, 3.05) is 36.4 Å². The van der Waals surface area contributed by atoms with E-state index in [1.807, 2.05) is 4.90 Å². The monoisotopic (exact) mass is 450 g/mol. The zero-order valence-electron chi connectivity index (χ0n) is 15.4. The maximum Gasteiger partial charge on any atom is 0.257 e. The first kappa shape index (κ1) is 19.8. The topological polar surface area (TPSA) is 91.3 Å². The van der Waals surface area contributed by atoms with Gasteiger partial charge in [-0.2, -0.15) is 4.98 Å². The zero-order chi connectivity index (χ0) is 20.5. The Kier molecular flexibility index (Phi) is 5.53. The van der Waals surface area contributed by atoms with Gasteiger partial charge in [0.05, 0.1) is 16.2 Å². The van der Waals surface area contributed by atoms with E-state index < -0.39 is 0 Å². The quantitative estimate of drug-likeness (QED) is 0.657. The van der Waals surface area contributed by atoms with E-state index in [0.29, 0.717) is 63.2 Å². The summed E-state index contributed by atoms with van der Waals surface area (Å²) in [6.07, 6.45) is 1.64. The van der Waals surface area contributed by atoms with Crippen LogP contribution in [0.15, 0.2) is 24.4 Å². The molecule has 29 heavy (non-hydrogen) atoms. The molecule has 1 aliphatic heterocycles. The number of benzene rings is 1. The van der Waals surface area contributed by atoms with Gasteiger partial charge in [-0.05, 0) is 18.2 Å². The second-order valence-electron chi connectivity index (χ2n) is 6.46. The van der Waals surface area contributed by atoms with Gasteiger partial charge in [0.25, 0.3) is 5.91 Å². The van der Waals surface area contributed by atoms with Crippen LogP contribution >= 0.6 is 34.5 Å². The van der Waals surface area contributed by atoms with E-state index in [2.05, 4.69) is 20.3 Å². The van der Waals surface area contributed by atoms with E-state index in [4.69, 9.17) is 23.2 Å². The fourth-order valence-corrected chi connectivity index (χ4v) is 4.06. The second-order valence-corrected chi connectivity index (χ2v) is 8.25. The molecule has 150 valence electrons. The maximum absolute atomic E-state index is 12.4. The number of carbonyl (C=O) groups is 2. The SMILES string of the molecule is CC(=O)N1CCN(c2ncc3nc(NC(=O)c4ccc(Cl)c(Cl)c4)sc3n2)CC1. The number of amides is 2. The van der Waals surface area contributed by atoms with Gasteiger partial charge in [-0.15, -0.1) is 0 Å². The van der Waals surface area contributed by atoms with E-state index in [0.717, 1.165) is 0 Å². The molecular weight excluding hydrogens is 435 g/mol. The Hall–Kier alpha value is -2.49. The Morgan fingerprint density at radius 3 is 2.55 bits per heavy atom. The van der Waals surface area contributed by atoms with Crippen LogP contribution in [-0.2, 0) is 4.79 Å². The molecule has 4 rings (SSSR count). The summed E-state index contributed by atoms with van der Waals surface area (Å²) in [7, 11) is 0. The standard InChI is InChI=1S/C18H16Cl2N6O2S/c1-10(27)25-4-6-26(7-5-25)17-21-9-14-16(24-17)29-18(22-14)23-15(28)11-2-3-12(19)13(20)8-11/h2-3,8-9H,4-7H2,1H3,(H,22,23,28). The predicted octanol–water partition coefficient (Wildman–Crippen LogP) is 3.31. The van der Waals surface area contributed by atoms with Crippen LogP contribution in [0.1, 0.15) is 17.3 Å². The average Bonchev–Trinajstić information content (AvgIpc) is 3.11. The van der Waals surface area contributed by atoms with Crippen molar-refractivity contribution in [2.24, 2.45) is 0 Å². The smallest absolute Gasteiger partial charge is 0.257 e. The third-order valence-electron chi connectivity index (χ3n) is 4.55. The molecule has 1 saturated heterocycles.